The quantitative estimate of drug-likeness (QED) is 0.580. The second-order valence-corrected chi connectivity index (χ2v) is 3.61. The van der Waals surface area contributed by atoms with Gasteiger partial charge in [0.25, 0.3) is 0 Å². The van der Waals surface area contributed by atoms with Crippen LogP contribution in [-0.4, -0.2) is 37.3 Å². The van der Waals surface area contributed by atoms with Gasteiger partial charge in [-0.3, -0.25) is 4.79 Å². The van der Waals surface area contributed by atoms with E-state index in [1.54, 1.807) is 7.05 Å². The topological polar surface area (TPSA) is 61.4 Å². The van der Waals surface area contributed by atoms with Gasteiger partial charge in [-0.25, -0.2) is 0 Å². The first-order valence-electron chi connectivity index (χ1n) is 4.85. The number of likely N-dealkylation sites (N-methyl/N-ethyl adjacent to an activating group) is 1. The molecule has 4 nitrogen and oxygen atoms in total. The smallest absolute Gasteiger partial charge is 0.320 e. The van der Waals surface area contributed by atoms with Crippen LogP contribution in [-0.2, 0) is 4.79 Å². The standard InChI is InChI=1S/C9H18N2O2/c1-10-8(9(12)13)6-7-2-4-11-5-3-7/h7-8,10-11H,2-6H2,1H3,(H,12,13)/t8-/m1/s1. The molecular weight excluding hydrogens is 168 g/mol. The fraction of sp³-hybridized carbons (Fsp3) is 0.889. The Morgan fingerprint density at radius 2 is 2.23 bits per heavy atom. The normalized spacial score (nSPS) is 21.3. The van der Waals surface area contributed by atoms with Crippen molar-refractivity contribution in [3.63, 3.8) is 0 Å². The Kier molecular flexibility index (Phi) is 4.18. The monoisotopic (exact) mass is 186 g/mol. The number of piperidine rings is 1. The Balaban J connectivity index is 2.31. The van der Waals surface area contributed by atoms with Gasteiger partial charge in [0.2, 0.25) is 0 Å². The highest BCUT2D eigenvalue weighted by molar-refractivity contribution is 5.73. The van der Waals surface area contributed by atoms with Crippen molar-refractivity contribution in [1.29, 1.82) is 0 Å². The van der Waals surface area contributed by atoms with Crippen molar-refractivity contribution in [1.82, 2.24) is 10.6 Å². The molecule has 0 radical (unpaired) electrons. The summed E-state index contributed by atoms with van der Waals surface area (Å²) >= 11 is 0. The van der Waals surface area contributed by atoms with Gasteiger partial charge < -0.3 is 15.7 Å². The van der Waals surface area contributed by atoms with Gasteiger partial charge in [-0.1, -0.05) is 0 Å². The summed E-state index contributed by atoms with van der Waals surface area (Å²) in [7, 11) is 1.71. The van der Waals surface area contributed by atoms with E-state index in [-0.39, 0.29) is 6.04 Å². The number of aliphatic carboxylic acids is 1. The van der Waals surface area contributed by atoms with E-state index in [1.807, 2.05) is 0 Å². The molecule has 1 heterocycles. The molecule has 1 saturated heterocycles. The molecule has 1 rings (SSSR count). The minimum Gasteiger partial charge on any atom is -0.480 e. The third-order valence-electron chi connectivity index (χ3n) is 2.67. The molecule has 1 aliphatic heterocycles. The van der Waals surface area contributed by atoms with Crippen LogP contribution in [0.25, 0.3) is 0 Å². The third kappa shape index (κ3) is 3.32. The second-order valence-electron chi connectivity index (χ2n) is 3.61. The summed E-state index contributed by atoms with van der Waals surface area (Å²) in [6.45, 7) is 2.06. The van der Waals surface area contributed by atoms with Crippen LogP contribution in [0.1, 0.15) is 19.3 Å². The largest absolute Gasteiger partial charge is 0.480 e. The van der Waals surface area contributed by atoms with Gasteiger partial charge in [0.15, 0.2) is 0 Å². The van der Waals surface area contributed by atoms with Gasteiger partial charge in [0.05, 0.1) is 0 Å². The third-order valence-corrected chi connectivity index (χ3v) is 2.67. The number of carboxylic acid groups (broad SMARTS) is 1. The number of nitrogens with one attached hydrogen (secondary N) is 2. The summed E-state index contributed by atoms with van der Waals surface area (Å²) in [5.41, 5.74) is 0. The van der Waals surface area contributed by atoms with E-state index in [9.17, 15) is 4.79 Å². The van der Waals surface area contributed by atoms with Gasteiger partial charge in [0.1, 0.15) is 6.04 Å². The van der Waals surface area contributed by atoms with Crippen molar-refractivity contribution in [3.8, 4) is 0 Å². The zero-order chi connectivity index (χ0) is 9.68. The predicted octanol–water partition coefficient (Wildman–Crippen LogP) is 0.0487. The first-order valence-corrected chi connectivity index (χ1v) is 4.85. The lowest BCUT2D eigenvalue weighted by Crippen LogP contribution is -2.38. The summed E-state index contributed by atoms with van der Waals surface area (Å²) in [6, 6.07) is -0.372. The molecule has 0 saturated carbocycles. The molecule has 76 valence electrons. The average Bonchev–Trinajstić information content (AvgIpc) is 2.15. The van der Waals surface area contributed by atoms with Gasteiger partial charge in [-0.15, -0.1) is 0 Å². The second kappa shape index (κ2) is 5.19. The highest BCUT2D eigenvalue weighted by Crippen LogP contribution is 2.17. The maximum Gasteiger partial charge on any atom is 0.320 e. The van der Waals surface area contributed by atoms with Crippen molar-refractivity contribution in [3.05, 3.63) is 0 Å². The van der Waals surface area contributed by atoms with Crippen LogP contribution < -0.4 is 10.6 Å². The van der Waals surface area contributed by atoms with E-state index >= 15 is 0 Å². The van der Waals surface area contributed by atoms with Gasteiger partial charge in [-0.05, 0) is 45.3 Å². The number of hydrogen-bond acceptors (Lipinski definition) is 3. The van der Waals surface area contributed by atoms with E-state index < -0.39 is 5.97 Å². The minimum atomic E-state index is -0.735. The zero-order valence-corrected chi connectivity index (χ0v) is 8.05. The molecule has 0 spiro atoms. The number of rotatable bonds is 4. The number of carboxylic acids is 1. The Hall–Kier alpha value is -0.610. The molecule has 4 heteroatoms. The summed E-state index contributed by atoms with van der Waals surface area (Å²) < 4.78 is 0. The molecule has 0 aliphatic carbocycles. The SMILES string of the molecule is CN[C@H](CC1CCNCC1)C(=O)O. The van der Waals surface area contributed by atoms with Crippen LogP contribution in [0.15, 0.2) is 0 Å². The van der Waals surface area contributed by atoms with Gasteiger partial charge in [0, 0.05) is 0 Å². The van der Waals surface area contributed by atoms with Crippen molar-refractivity contribution >= 4 is 5.97 Å². The molecule has 0 aromatic heterocycles. The first-order chi connectivity index (χ1) is 6.24. The minimum absolute atomic E-state index is 0.372. The van der Waals surface area contributed by atoms with Crippen LogP contribution in [0.2, 0.25) is 0 Å². The predicted molar refractivity (Wildman–Crippen MR) is 50.7 cm³/mol. The summed E-state index contributed by atoms with van der Waals surface area (Å²) in [6.07, 6.45) is 2.96. The summed E-state index contributed by atoms with van der Waals surface area (Å²) in [4.78, 5) is 10.7. The molecule has 1 aliphatic rings. The van der Waals surface area contributed by atoms with E-state index in [0.717, 1.165) is 32.4 Å². The van der Waals surface area contributed by atoms with Gasteiger partial charge in [-0.2, -0.15) is 0 Å². The Bertz CT molecular complexity index is 167. The van der Waals surface area contributed by atoms with E-state index in [0.29, 0.717) is 5.92 Å². The molecule has 3 N–H and O–H groups in total. The van der Waals surface area contributed by atoms with Crippen molar-refractivity contribution in [2.24, 2.45) is 5.92 Å². The van der Waals surface area contributed by atoms with Crippen LogP contribution in [0.5, 0.6) is 0 Å². The molecule has 13 heavy (non-hydrogen) atoms. The molecule has 0 bridgehead atoms. The molecule has 0 aromatic carbocycles. The average molecular weight is 186 g/mol. The maximum atomic E-state index is 10.7. The molecule has 0 unspecified atom stereocenters. The molecule has 0 aromatic rings. The van der Waals surface area contributed by atoms with Crippen LogP contribution in [0.4, 0.5) is 0 Å². The fourth-order valence-electron chi connectivity index (χ4n) is 1.79. The summed E-state index contributed by atoms with van der Waals surface area (Å²) in [5.74, 6) is -0.171. The lowest BCUT2D eigenvalue weighted by atomic mass is 9.91. The van der Waals surface area contributed by atoms with Crippen molar-refractivity contribution in [2.45, 2.75) is 25.3 Å². The molecule has 1 atom stereocenters. The maximum absolute atomic E-state index is 10.7. The number of carbonyl (C=O) groups is 1. The highest BCUT2D eigenvalue weighted by atomic mass is 16.4. The van der Waals surface area contributed by atoms with E-state index in [4.69, 9.17) is 5.11 Å². The van der Waals surface area contributed by atoms with E-state index in [1.165, 1.54) is 0 Å². The lowest BCUT2D eigenvalue weighted by Gasteiger charge is -2.24. The van der Waals surface area contributed by atoms with Crippen LogP contribution in [0, 0.1) is 5.92 Å². The molecule has 1 fully saturated rings. The lowest BCUT2D eigenvalue weighted by molar-refractivity contribution is -0.139. The van der Waals surface area contributed by atoms with Crippen molar-refractivity contribution < 1.29 is 9.90 Å². The zero-order valence-electron chi connectivity index (χ0n) is 8.05. The van der Waals surface area contributed by atoms with Crippen LogP contribution in [0.3, 0.4) is 0 Å². The molecule has 0 amide bonds. The van der Waals surface area contributed by atoms with Crippen molar-refractivity contribution in [2.75, 3.05) is 20.1 Å². The highest BCUT2D eigenvalue weighted by Gasteiger charge is 2.21. The fourth-order valence-corrected chi connectivity index (χ4v) is 1.79. The van der Waals surface area contributed by atoms with Crippen LogP contribution >= 0.6 is 0 Å². The Labute approximate surface area is 78.7 Å². The first kappa shape index (κ1) is 10.5. The molecular formula is C9H18N2O2. The Morgan fingerprint density at radius 1 is 1.62 bits per heavy atom. The Morgan fingerprint density at radius 3 is 2.69 bits per heavy atom. The number of hydrogen-bond donors (Lipinski definition) is 3. The van der Waals surface area contributed by atoms with E-state index in [2.05, 4.69) is 10.6 Å². The summed E-state index contributed by atoms with van der Waals surface area (Å²) in [5, 5.41) is 14.9. The van der Waals surface area contributed by atoms with Gasteiger partial charge >= 0.3 is 5.97 Å².